The lowest BCUT2D eigenvalue weighted by Crippen LogP contribution is -2.00. The van der Waals surface area contributed by atoms with Crippen LogP contribution < -0.4 is 0 Å². The Labute approximate surface area is 54.3 Å². The maximum atomic E-state index is 9.55. The van der Waals surface area contributed by atoms with Crippen LogP contribution in [0.3, 0.4) is 0 Å². The fraction of sp³-hybridized carbons (Fsp3) is 0.500. The Balaban J connectivity index is 2.91. The van der Waals surface area contributed by atoms with Crippen molar-refractivity contribution in [3.05, 3.63) is 12.3 Å². The standard InChI is InChI=1S/C6H10O3/c1-6(2)9-4-3-8-5-7/h5H,1,3-4H2,2H3. The van der Waals surface area contributed by atoms with Gasteiger partial charge in [0.15, 0.2) is 0 Å². The molecule has 0 unspecified atom stereocenters. The summed E-state index contributed by atoms with van der Waals surface area (Å²) in [6, 6.07) is 0. The Morgan fingerprint density at radius 1 is 1.67 bits per heavy atom. The molecule has 0 saturated carbocycles. The van der Waals surface area contributed by atoms with E-state index in [0.717, 1.165) is 0 Å². The van der Waals surface area contributed by atoms with Crippen molar-refractivity contribution in [1.82, 2.24) is 0 Å². The van der Waals surface area contributed by atoms with Gasteiger partial charge in [-0.25, -0.2) is 0 Å². The monoisotopic (exact) mass is 130 g/mol. The maximum absolute atomic E-state index is 9.55. The zero-order chi connectivity index (χ0) is 7.11. The van der Waals surface area contributed by atoms with Gasteiger partial charge in [-0.1, -0.05) is 6.58 Å². The molecule has 0 radical (unpaired) electrons. The molecule has 0 aliphatic heterocycles. The van der Waals surface area contributed by atoms with Crippen molar-refractivity contribution < 1.29 is 14.3 Å². The van der Waals surface area contributed by atoms with Gasteiger partial charge in [0, 0.05) is 0 Å². The largest absolute Gasteiger partial charge is 0.495 e. The smallest absolute Gasteiger partial charge is 0.293 e. The van der Waals surface area contributed by atoms with E-state index in [4.69, 9.17) is 4.74 Å². The first-order chi connectivity index (χ1) is 4.27. The van der Waals surface area contributed by atoms with Crippen LogP contribution in [0.4, 0.5) is 0 Å². The lowest BCUT2D eigenvalue weighted by Gasteiger charge is -2.01. The second-order valence-corrected chi connectivity index (χ2v) is 1.52. The summed E-state index contributed by atoms with van der Waals surface area (Å²) in [7, 11) is 0. The van der Waals surface area contributed by atoms with Gasteiger partial charge in [-0.2, -0.15) is 0 Å². The zero-order valence-corrected chi connectivity index (χ0v) is 5.42. The van der Waals surface area contributed by atoms with Crippen molar-refractivity contribution in [3.63, 3.8) is 0 Å². The summed E-state index contributed by atoms with van der Waals surface area (Å²) in [6.45, 7) is 6.29. The molecule has 0 rings (SSSR count). The number of hydrogen-bond donors (Lipinski definition) is 0. The Kier molecular flexibility index (Phi) is 4.59. The molecule has 0 heterocycles. The van der Waals surface area contributed by atoms with Crippen molar-refractivity contribution in [1.29, 1.82) is 0 Å². The Bertz CT molecular complexity index is 98.5. The van der Waals surface area contributed by atoms with Gasteiger partial charge in [0.05, 0.1) is 5.76 Å². The molecule has 0 aliphatic rings. The van der Waals surface area contributed by atoms with Gasteiger partial charge in [-0.3, -0.25) is 4.79 Å². The molecule has 0 bridgehead atoms. The van der Waals surface area contributed by atoms with Crippen LogP contribution in [-0.2, 0) is 14.3 Å². The molecule has 0 aliphatic carbocycles. The highest BCUT2D eigenvalue weighted by molar-refractivity contribution is 5.36. The molecular formula is C6H10O3. The molecule has 0 fully saturated rings. The van der Waals surface area contributed by atoms with E-state index >= 15 is 0 Å². The Morgan fingerprint density at radius 3 is 2.78 bits per heavy atom. The van der Waals surface area contributed by atoms with E-state index in [-0.39, 0.29) is 6.61 Å². The van der Waals surface area contributed by atoms with Crippen LogP contribution in [0.25, 0.3) is 0 Å². The molecule has 0 N–H and O–H groups in total. The summed E-state index contributed by atoms with van der Waals surface area (Å²) in [6.07, 6.45) is 0. The third-order valence-electron chi connectivity index (χ3n) is 0.618. The molecular weight excluding hydrogens is 120 g/mol. The number of ether oxygens (including phenoxy) is 2. The van der Waals surface area contributed by atoms with Gasteiger partial charge < -0.3 is 9.47 Å². The van der Waals surface area contributed by atoms with Crippen molar-refractivity contribution >= 4 is 6.47 Å². The molecule has 0 aromatic carbocycles. The number of carbonyl (C=O) groups is 1. The predicted molar refractivity (Wildman–Crippen MR) is 32.8 cm³/mol. The van der Waals surface area contributed by atoms with Gasteiger partial charge in [0.1, 0.15) is 13.2 Å². The molecule has 0 atom stereocenters. The van der Waals surface area contributed by atoms with Gasteiger partial charge in [-0.05, 0) is 6.92 Å². The normalized spacial score (nSPS) is 8.11. The average Bonchev–Trinajstić information content (AvgIpc) is 1.80. The number of allylic oxidation sites excluding steroid dienone is 1. The van der Waals surface area contributed by atoms with Crippen LogP contribution in [0.2, 0.25) is 0 Å². The lowest BCUT2D eigenvalue weighted by molar-refractivity contribution is -0.129. The van der Waals surface area contributed by atoms with E-state index in [1.165, 1.54) is 0 Å². The van der Waals surface area contributed by atoms with E-state index in [1.54, 1.807) is 6.92 Å². The molecule has 0 aromatic heterocycles. The van der Waals surface area contributed by atoms with Crippen molar-refractivity contribution in [2.75, 3.05) is 13.2 Å². The molecule has 0 aromatic rings. The average molecular weight is 130 g/mol. The SMILES string of the molecule is C=C(C)OCCOC=O. The molecule has 0 amide bonds. The van der Waals surface area contributed by atoms with Crippen molar-refractivity contribution in [2.24, 2.45) is 0 Å². The van der Waals surface area contributed by atoms with Crippen LogP contribution in [0.15, 0.2) is 12.3 Å². The van der Waals surface area contributed by atoms with Crippen LogP contribution in [0, 0.1) is 0 Å². The first kappa shape index (κ1) is 8.01. The third-order valence-corrected chi connectivity index (χ3v) is 0.618. The van der Waals surface area contributed by atoms with E-state index < -0.39 is 0 Å². The lowest BCUT2D eigenvalue weighted by atomic mass is 10.6. The minimum Gasteiger partial charge on any atom is -0.495 e. The first-order valence-electron chi connectivity index (χ1n) is 2.61. The number of hydrogen-bond acceptors (Lipinski definition) is 3. The van der Waals surface area contributed by atoms with E-state index in [0.29, 0.717) is 18.8 Å². The van der Waals surface area contributed by atoms with Crippen molar-refractivity contribution in [3.8, 4) is 0 Å². The quantitative estimate of drug-likeness (QED) is 0.312. The molecule has 3 nitrogen and oxygen atoms in total. The minimum atomic E-state index is 0.288. The minimum absolute atomic E-state index is 0.288. The van der Waals surface area contributed by atoms with Gasteiger partial charge >= 0.3 is 0 Å². The summed E-state index contributed by atoms with van der Waals surface area (Å²) in [5.41, 5.74) is 0. The number of carbonyl (C=O) groups excluding carboxylic acids is 1. The summed E-state index contributed by atoms with van der Waals surface area (Å²) in [5.74, 6) is 0.629. The number of rotatable bonds is 5. The topological polar surface area (TPSA) is 35.5 Å². The second kappa shape index (κ2) is 5.15. The first-order valence-corrected chi connectivity index (χ1v) is 2.61. The fourth-order valence-corrected chi connectivity index (χ4v) is 0.312. The molecule has 52 valence electrons. The van der Waals surface area contributed by atoms with Crippen LogP contribution in [0.5, 0.6) is 0 Å². The molecule has 9 heavy (non-hydrogen) atoms. The van der Waals surface area contributed by atoms with Crippen LogP contribution >= 0.6 is 0 Å². The van der Waals surface area contributed by atoms with Gasteiger partial charge in [0.25, 0.3) is 6.47 Å². The summed E-state index contributed by atoms with van der Waals surface area (Å²) < 4.78 is 9.20. The summed E-state index contributed by atoms with van der Waals surface area (Å²) >= 11 is 0. The van der Waals surface area contributed by atoms with Gasteiger partial charge in [-0.15, -0.1) is 0 Å². The highest BCUT2D eigenvalue weighted by atomic mass is 16.5. The summed E-state index contributed by atoms with van der Waals surface area (Å²) in [5, 5.41) is 0. The Hall–Kier alpha value is -0.990. The molecule has 3 heteroatoms. The third kappa shape index (κ3) is 7.01. The highest BCUT2D eigenvalue weighted by Crippen LogP contribution is 1.87. The Morgan fingerprint density at radius 2 is 2.33 bits per heavy atom. The fourth-order valence-electron chi connectivity index (χ4n) is 0.312. The van der Waals surface area contributed by atoms with Crippen LogP contribution in [0.1, 0.15) is 6.92 Å². The molecule has 0 saturated heterocycles. The molecule has 0 spiro atoms. The predicted octanol–water partition coefficient (Wildman–Crippen LogP) is 0.710. The second-order valence-electron chi connectivity index (χ2n) is 1.52. The van der Waals surface area contributed by atoms with Crippen molar-refractivity contribution in [2.45, 2.75) is 6.92 Å². The summed E-state index contributed by atoms with van der Waals surface area (Å²) in [4.78, 5) is 9.55. The van der Waals surface area contributed by atoms with E-state index in [1.807, 2.05) is 0 Å². The zero-order valence-electron chi connectivity index (χ0n) is 5.42. The van der Waals surface area contributed by atoms with E-state index in [9.17, 15) is 4.79 Å². The van der Waals surface area contributed by atoms with E-state index in [2.05, 4.69) is 11.3 Å². The highest BCUT2D eigenvalue weighted by Gasteiger charge is 1.84. The maximum Gasteiger partial charge on any atom is 0.293 e. The van der Waals surface area contributed by atoms with Gasteiger partial charge in [0.2, 0.25) is 0 Å². The van der Waals surface area contributed by atoms with Crippen LogP contribution in [-0.4, -0.2) is 19.7 Å².